The van der Waals surface area contributed by atoms with Gasteiger partial charge in [-0.25, -0.2) is 0 Å². The molecule has 0 N–H and O–H groups in total. The Morgan fingerprint density at radius 1 is 1.11 bits per heavy atom. The van der Waals surface area contributed by atoms with Crippen LogP contribution in [0.4, 0.5) is 0 Å². The Kier molecular flexibility index (Phi) is 9.60. The maximum Gasteiger partial charge on any atom is 0.189 e. The van der Waals surface area contributed by atoms with Crippen LogP contribution in [0, 0.1) is 0 Å². The highest BCUT2D eigenvalue weighted by Crippen LogP contribution is 2.36. The van der Waals surface area contributed by atoms with E-state index in [2.05, 4.69) is 41.3 Å². The Bertz CT molecular complexity index is 663. The lowest BCUT2D eigenvalue weighted by Gasteiger charge is -2.36. The second kappa shape index (κ2) is 12.0. The first-order valence-corrected chi connectivity index (χ1v) is 10.8. The highest BCUT2D eigenvalue weighted by Gasteiger charge is 2.31. The predicted octanol–water partition coefficient (Wildman–Crippen LogP) is 5.32. The minimum atomic E-state index is 0.0281. The van der Waals surface area contributed by atoms with Crippen molar-refractivity contribution in [2.75, 3.05) is 19.7 Å². The van der Waals surface area contributed by atoms with Crippen LogP contribution in [-0.4, -0.2) is 35.8 Å². The molecule has 2 aromatic rings. The van der Waals surface area contributed by atoms with Gasteiger partial charge in [-0.05, 0) is 11.1 Å². The average Bonchev–Trinajstić information content (AvgIpc) is 2.75. The molecule has 1 aliphatic rings. The zero-order valence-corrected chi connectivity index (χ0v) is 17.5. The van der Waals surface area contributed by atoms with Crippen LogP contribution in [0.5, 0.6) is 0 Å². The van der Waals surface area contributed by atoms with Gasteiger partial charge in [0.2, 0.25) is 0 Å². The van der Waals surface area contributed by atoms with Crippen LogP contribution >= 0.6 is 11.8 Å². The summed E-state index contributed by atoms with van der Waals surface area (Å²) in [5, 5.41) is 0.268. The monoisotopic (exact) mass is 385 g/mol. The summed E-state index contributed by atoms with van der Waals surface area (Å²) in [7, 11) is 0. The number of carbonyl (C=O) groups excluding carboxylic acids is 1. The minimum absolute atomic E-state index is 0.0281. The van der Waals surface area contributed by atoms with Crippen LogP contribution in [-0.2, 0) is 16.1 Å². The van der Waals surface area contributed by atoms with E-state index < -0.39 is 0 Å². The van der Waals surface area contributed by atoms with Gasteiger partial charge in [-0.15, -0.1) is 0 Å². The third-order valence-electron chi connectivity index (χ3n) is 4.44. The minimum Gasteiger partial charge on any atom is -0.374 e. The summed E-state index contributed by atoms with van der Waals surface area (Å²) >= 11 is 1.42. The molecule has 0 bridgehead atoms. The molecule has 0 spiro atoms. The van der Waals surface area contributed by atoms with Crippen LogP contribution in [0.15, 0.2) is 60.7 Å². The summed E-state index contributed by atoms with van der Waals surface area (Å²) in [5.41, 5.74) is 2.48. The van der Waals surface area contributed by atoms with Crippen LogP contribution in [0.2, 0.25) is 0 Å². The topological polar surface area (TPSA) is 29.5 Å². The lowest BCUT2D eigenvalue weighted by atomic mass is 10.1. The molecule has 4 heteroatoms. The molecule has 2 unspecified atom stereocenters. The van der Waals surface area contributed by atoms with Gasteiger partial charge >= 0.3 is 0 Å². The van der Waals surface area contributed by atoms with Gasteiger partial charge in [-0.1, -0.05) is 93.2 Å². The maximum atomic E-state index is 12.1. The lowest BCUT2D eigenvalue weighted by molar-refractivity contribution is -0.110. The molecule has 146 valence electrons. The summed E-state index contributed by atoms with van der Waals surface area (Å²) < 4.78 is 6.09. The van der Waals surface area contributed by atoms with E-state index in [1.807, 2.05) is 45.0 Å². The molecule has 1 fully saturated rings. The van der Waals surface area contributed by atoms with Gasteiger partial charge < -0.3 is 4.74 Å². The van der Waals surface area contributed by atoms with E-state index >= 15 is 0 Å². The normalized spacial score (nSPS) is 18.3. The van der Waals surface area contributed by atoms with E-state index in [-0.39, 0.29) is 16.5 Å². The van der Waals surface area contributed by atoms with E-state index in [0.717, 1.165) is 19.6 Å². The number of benzene rings is 2. The van der Waals surface area contributed by atoms with E-state index in [0.29, 0.717) is 13.0 Å². The molecule has 27 heavy (non-hydrogen) atoms. The zero-order valence-electron chi connectivity index (χ0n) is 16.6. The fraction of sp³-hybridized carbons (Fsp3) is 0.435. The van der Waals surface area contributed by atoms with E-state index in [9.17, 15) is 4.79 Å². The van der Waals surface area contributed by atoms with Gasteiger partial charge in [0.1, 0.15) is 0 Å². The zero-order chi connectivity index (χ0) is 19.5. The third kappa shape index (κ3) is 6.80. The summed E-state index contributed by atoms with van der Waals surface area (Å²) in [6.07, 6.45) is 0.578. The van der Waals surface area contributed by atoms with Gasteiger partial charge in [-0.3, -0.25) is 9.69 Å². The fourth-order valence-electron chi connectivity index (χ4n) is 3.13. The highest BCUT2D eigenvalue weighted by molar-refractivity contribution is 8.13. The lowest BCUT2D eigenvalue weighted by Crippen LogP contribution is -2.44. The number of hydrogen-bond donors (Lipinski definition) is 0. The maximum absolute atomic E-state index is 12.1. The molecule has 0 aliphatic carbocycles. The smallest absolute Gasteiger partial charge is 0.189 e. The van der Waals surface area contributed by atoms with Crippen molar-refractivity contribution in [2.45, 2.75) is 45.1 Å². The standard InChI is InChI=1S/C21H25NO2S.C2H6/c1-2-20(23)25-21(18-11-7-4-8-12-18)19-16-22(13-14-24-19)15-17-9-5-3-6-10-17;1-2/h3-12,19,21H,2,13-16H2,1H3;1-2H3. The number of hydrogen-bond acceptors (Lipinski definition) is 4. The summed E-state index contributed by atoms with van der Waals surface area (Å²) in [4.78, 5) is 14.5. The van der Waals surface area contributed by atoms with Crippen LogP contribution in [0.3, 0.4) is 0 Å². The molecule has 3 nitrogen and oxygen atoms in total. The first kappa shape index (κ1) is 21.7. The summed E-state index contributed by atoms with van der Waals surface area (Å²) in [6.45, 7) is 9.33. The van der Waals surface area contributed by atoms with Gasteiger partial charge in [-0.2, -0.15) is 0 Å². The molecule has 0 radical (unpaired) electrons. The van der Waals surface area contributed by atoms with Crippen molar-refractivity contribution in [2.24, 2.45) is 0 Å². The van der Waals surface area contributed by atoms with Crippen molar-refractivity contribution >= 4 is 16.9 Å². The van der Waals surface area contributed by atoms with Crippen molar-refractivity contribution in [1.82, 2.24) is 4.90 Å². The number of carbonyl (C=O) groups is 1. The van der Waals surface area contributed by atoms with Gasteiger partial charge in [0.05, 0.1) is 18.0 Å². The molecular formula is C23H31NO2S. The Hall–Kier alpha value is -1.62. The average molecular weight is 386 g/mol. The molecular weight excluding hydrogens is 354 g/mol. The van der Waals surface area contributed by atoms with Crippen molar-refractivity contribution in [3.8, 4) is 0 Å². The Morgan fingerprint density at radius 2 is 1.74 bits per heavy atom. The summed E-state index contributed by atoms with van der Waals surface area (Å²) in [6, 6.07) is 20.8. The highest BCUT2D eigenvalue weighted by atomic mass is 32.2. The number of thioether (sulfide) groups is 1. The molecule has 3 rings (SSSR count). The summed E-state index contributed by atoms with van der Waals surface area (Å²) in [5.74, 6) is 0. The number of ether oxygens (including phenoxy) is 1. The van der Waals surface area contributed by atoms with Crippen LogP contribution in [0.25, 0.3) is 0 Å². The Morgan fingerprint density at radius 3 is 2.37 bits per heavy atom. The van der Waals surface area contributed by atoms with Crippen LogP contribution < -0.4 is 0 Å². The molecule has 2 aromatic carbocycles. The van der Waals surface area contributed by atoms with Crippen molar-refractivity contribution in [1.29, 1.82) is 0 Å². The molecule has 1 saturated heterocycles. The Balaban J connectivity index is 0.00000126. The molecule has 1 aliphatic heterocycles. The Labute approximate surface area is 168 Å². The van der Waals surface area contributed by atoms with Crippen molar-refractivity contribution < 1.29 is 9.53 Å². The fourth-order valence-corrected chi connectivity index (χ4v) is 4.19. The first-order valence-electron chi connectivity index (χ1n) is 9.88. The number of rotatable bonds is 6. The first-order chi connectivity index (χ1) is 13.3. The third-order valence-corrected chi connectivity index (χ3v) is 5.82. The second-order valence-corrected chi connectivity index (χ2v) is 7.50. The van der Waals surface area contributed by atoms with Gasteiger partial charge in [0, 0.05) is 26.1 Å². The molecule has 1 heterocycles. The van der Waals surface area contributed by atoms with Gasteiger partial charge in [0.25, 0.3) is 0 Å². The van der Waals surface area contributed by atoms with Gasteiger partial charge in [0.15, 0.2) is 5.12 Å². The van der Waals surface area contributed by atoms with Crippen LogP contribution in [0.1, 0.15) is 43.6 Å². The predicted molar refractivity (Wildman–Crippen MR) is 115 cm³/mol. The van der Waals surface area contributed by atoms with Crippen molar-refractivity contribution in [3.05, 3.63) is 71.8 Å². The number of morpholine rings is 1. The largest absolute Gasteiger partial charge is 0.374 e. The molecule has 0 amide bonds. The quantitative estimate of drug-likeness (QED) is 0.673. The molecule has 0 aromatic heterocycles. The van der Waals surface area contributed by atoms with Crippen molar-refractivity contribution in [3.63, 3.8) is 0 Å². The van der Waals surface area contributed by atoms with E-state index in [1.165, 1.54) is 22.9 Å². The van der Waals surface area contributed by atoms with E-state index in [4.69, 9.17) is 4.74 Å². The molecule has 0 saturated carbocycles. The number of nitrogens with zero attached hydrogens (tertiary/aromatic N) is 1. The SMILES string of the molecule is CC.CCC(=O)SC(c1ccccc1)C1CN(Cc2ccccc2)CCO1. The van der Waals surface area contributed by atoms with E-state index in [1.54, 1.807) is 0 Å². The molecule has 2 atom stereocenters. The second-order valence-electron chi connectivity index (χ2n) is 6.30.